The average molecular weight is 339 g/mol. The van der Waals surface area contributed by atoms with Crippen LogP contribution in [-0.4, -0.2) is 47.0 Å². The lowest BCUT2D eigenvalue weighted by Crippen LogP contribution is -2.30. The van der Waals surface area contributed by atoms with Crippen molar-refractivity contribution < 1.29 is 0 Å². The Labute approximate surface area is 141 Å². The summed E-state index contributed by atoms with van der Waals surface area (Å²) in [5.74, 6) is 0. The minimum atomic E-state index is 0.668. The Morgan fingerprint density at radius 2 is 1.18 bits per heavy atom. The zero-order valence-corrected chi connectivity index (χ0v) is 14.3. The molecule has 0 aromatic carbocycles. The molecule has 0 amide bonds. The molecule has 0 aliphatic rings. The van der Waals surface area contributed by atoms with E-state index in [1.165, 1.54) is 0 Å². The van der Waals surface area contributed by atoms with Crippen molar-refractivity contribution in [3.63, 3.8) is 0 Å². The second kappa shape index (κ2) is 8.44. The van der Waals surface area contributed by atoms with Crippen molar-refractivity contribution in [2.24, 2.45) is 0 Å². The van der Waals surface area contributed by atoms with E-state index in [9.17, 15) is 0 Å². The second-order valence-electron chi connectivity index (χ2n) is 5.41. The number of hydrogen-bond donors (Lipinski definition) is 0. The molecule has 2 rings (SSSR count). The number of likely N-dealkylation sites (N-methyl/N-ethyl adjacent to an activating group) is 2. The first kappa shape index (κ1) is 17.2. The summed E-state index contributed by atoms with van der Waals surface area (Å²) in [6, 6.07) is 7.66. The summed E-state index contributed by atoms with van der Waals surface area (Å²) in [6.07, 6.45) is 3.37. The van der Waals surface area contributed by atoms with Crippen molar-refractivity contribution in [1.82, 2.24) is 19.8 Å². The van der Waals surface area contributed by atoms with Crippen molar-refractivity contribution >= 4 is 23.2 Å². The van der Waals surface area contributed by atoms with Crippen molar-refractivity contribution in [3.8, 4) is 0 Å². The van der Waals surface area contributed by atoms with E-state index in [0.29, 0.717) is 10.0 Å². The molecule has 0 spiro atoms. The average Bonchev–Trinajstić information content (AvgIpc) is 2.50. The highest BCUT2D eigenvalue weighted by molar-refractivity contribution is 6.30. The second-order valence-corrected chi connectivity index (χ2v) is 6.28. The SMILES string of the molecule is CN(CCN(C)Cc1ccc(Cl)cn1)Cc1ccc(Cl)cn1. The third-order valence-electron chi connectivity index (χ3n) is 3.30. The van der Waals surface area contributed by atoms with Crippen molar-refractivity contribution in [2.75, 3.05) is 27.2 Å². The van der Waals surface area contributed by atoms with Crippen LogP contribution in [-0.2, 0) is 13.1 Å². The molecular formula is C16H20Cl2N4. The van der Waals surface area contributed by atoms with Gasteiger partial charge in [0.25, 0.3) is 0 Å². The minimum Gasteiger partial charge on any atom is -0.299 e. The van der Waals surface area contributed by atoms with Crippen molar-refractivity contribution in [2.45, 2.75) is 13.1 Å². The Bertz CT molecular complexity index is 518. The van der Waals surface area contributed by atoms with Crippen LogP contribution in [0.4, 0.5) is 0 Å². The molecule has 2 heterocycles. The number of nitrogens with zero attached hydrogens (tertiary/aromatic N) is 4. The number of pyridine rings is 2. The van der Waals surface area contributed by atoms with Crippen LogP contribution in [0.1, 0.15) is 11.4 Å². The molecular weight excluding hydrogens is 319 g/mol. The Morgan fingerprint density at radius 1 is 0.773 bits per heavy atom. The first-order chi connectivity index (χ1) is 10.5. The molecule has 0 unspecified atom stereocenters. The Kier molecular flexibility index (Phi) is 6.58. The third-order valence-corrected chi connectivity index (χ3v) is 3.75. The van der Waals surface area contributed by atoms with E-state index in [1.54, 1.807) is 12.4 Å². The van der Waals surface area contributed by atoms with Gasteiger partial charge in [-0.25, -0.2) is 0 Å². The van der Waals surface area contributed by atoms with Gasteiger partial charge in [0.2, 0.25) is 0 Å². The van der Waals surface area contributed by atoms with Crippen LogP contribution in [0.15, 0.2) is 36.7 Å². The molecule has 0 bridgehead atoms. The Balaban J connectivity index is 1.74. The fraction of sp³-hybridized carbons (Fsp3) is 0.375. The van der Waals surface area contributed by atoms with E-state index >= 15 is 0 Å². The molecule has 0 aliphatic heterocycles. The predicted octanol–water partition coefficient (Wildman–Crippen LogP) is 3.35. The summed E-state index contributed by atoms with van der Waals surface area (Å²) >= 11 is 11.7. The Morgan fingerprint density at radius 3 is 1.50 bits per heavy atom. The monoisotopic (exact) mass is 338 g/mol. The normalized spacial score (nSPS) is 11.4. The topological polar surface area (TPSA) is 32.3 Å². The van der Waals surface area contributed by atoms with Crippen LogP contribution in [0.2, 0.25) is 10.0 Å². The van der Waals surface area contributed by atoms with E-state index < -0.39 is 0 Å². The van der Waals surface area contributed by atoms with Gasteiger partial charge in [-0.15, -0.1) is 0 Å². The van der Waals surface area contributed by atoms with E-state index in [2.05, 4.69) is 33.9 Å². The van der Waals surface area contributed by atoms with Gasteiger partial charge >= 0.3 is 0 Å². The molecule has 0 fully saturated rings. The summed E-state index contributed by atoms with van der Waals surface area (Å²) < 4.78 is 0. The van der Waals surface area contributed by atoms with Gasteiger partial charge < -0.3 is 0 Å². The summed E-state index contributed by atoms with van der Waals surface area (Å²) in [4.78, 5) is 13.1. The fourth-order valence-electron chi connectivity index (χ4n) is 2.05. The highest BCUT2D eigenvalue weighted by atomic mass is 35.5. The van der Waals surface area contributed by atoms with E-state index in [0.717, 1.165) is 37.6 Å². The maximum absolute atomic E-state index is 5.84. The number of rotatable bonds is 7. The molecule has 0 atom stereocenters. The molecule has 118 valence electrons. The molecule has 0 N–H and O–H groups in total. The van der Waals surface area contributed by atoms with Crippen LogP contribution < -0.4 is 0 Å². The molecule has 6 heteroatoms. The first-order valence-corrected chi connectivity index (χ1v) is 7.86. The Hall–Kier alpha value is -1.20. The third kappa shape index (κ3) is 5.89. The molecule has 0 aliphatic carbocycles. The van der Waals surface area contributed by atoms with Gasteiger partial charge in [0.05, 0.1) is 21.4 Å². The lowest BCUT2D eigenvalue weighted by atomic mass is 10.3. The van der Waals surface area contributed by atoms with Gasteiger partial charge in [-0.1, -0.05) is 23.2 Å². The quantitative estimate of drug-likeness (QED) is 0.774. The molecule has 0 saturated carbocycles. The van der Waals surface area contributed by atoms with Gasteiger partial charge in [0.15, 0.2) is 0 Å². The van der Waals surface area contributed by atoms with Crippen LogP contribution in [0, 0.1) is 0 Å². The van der Waals surface area contributed by atoms with Gasteiger partial charge in [0.1, 0.15) is 0 Å². The van der Waals surface area contributed by atoms with E-state index in [1.807, 2.05) is 24.3 Å². The molecule has 0 saturated heterocycles. The molecule has 0 radical (unpaired) electrons. The number of hydrogen-bond acceptors (Lipinski definition) is 4. The summed E-state index contributed by atoms with van der Waals surface area (Å²) in [5, 5.41) is 1.34. The summed E-state index contributed by atoms with van der Waals surface area (Å²) in [7, 11) is 4.18. The zero-order chi connectivity index (χ0) is 15.9. The predicted molar refractivity (Wildman–Crippen MR) is 91.2 cm³/mol. The van der Waals surface area contributed by atoms with E-state index in [-0.39, 0.29) is 0 Å². The van der Waals surface area contributed by atoms with Crippen LogP contribution in [0.5, 0.6) is 0 Å². The van der Waals surface area contributed by atoms with Gasteiger partial charge in [-0.2, -0.15) is 0 Å². The molecule has 22 heavy (non-hydrogen) atoms. The number of aromatic nitrogens is 2. The first-order valence-electron chi connectivity index (χ1n) is 7.11. The lowest BCUT2D eigenvalue weighted by Gasteiger charge is -2.21. The van der Waals surface area contributed by atoms with E-state index in [4.69, 9.17) is 23.2 Å². The highest BCUT2D eigenvalue weighted by Crippen LogP contribution is 2.09. The molecule has 2 aromatic heterocycles. The maximum atomic E-state index is 5.84. The van der Waals surface area contributed by atoms with Crippen LogP contribution >= 0.6 is 23.2 Å². The largest absolute Gasteiger partial charge is 0.299 e. The van der Waals surface area contributed by atoms with Crippen molar-refractivity contribution in [3.05, 3.63) is 58.1 Å². The minimum absolute atomic E-state index is 0.668. The highest BCUT2D eigenvalue weighted by Gasteiger charge is 2.05. The van der Waals surface area contributed by atoms with Crippen LogP contribution in [0.25, 0.3) is 0 Å². The smallest absolute Gasteiger partial charge is 0.0589 e. The number of halogens is 2. The summed E-state index contributed by atoms with van der Waals surface area (Å²) in [5.41, 5.74) is 2.04. The van der Waals surface area contributed by atoms with Crippen LogP contribution in [0.3, 0.4) is 0 Å². The lowest BCUT2D eigenvalue weighted by molar-refractivity contribution is 0.244. The maximum Gasteiger partial charge on any atom is 0.0589 e. The molecule has 4 nitrogen and oxygen atoms in total. The van der Waals surface area contributed by atoms with Crippen molar-refractivity contribution in [1.29, 1.82) is 0 Å². The van der Waals surface area contributed by atoms with Gasteiger partial charge in [-0.3, -0.25) is 19.8 Å². The molecule has 2 aromatic rings. The zero-order valence-electron chi connectivity index (χ0n) is 12.8. The standard InChI is InChI=1S/C16H20Cl2N4/c1-21(11-15-5-3-13(17)9-19-15)7-8-22(2)12-16-6-4-14(18)10-20-16/h3-6,9-10H,7-8,11-12H2,1-2H3. The summed E-state index contributed by atoms with van der Waals surface area (Å²) in [6.45, 7) is 3.52. The van der Waals surface area contributed by atoms with Gasteiger partial charge in [-0.05, 0) is 38.4 Å². The van der Waals surface area contributed by atoms with Gasteiger partial charge in [0, 0.05) is 38.6 Å². The fourth-order valence-corrected chi connectivity index (χ4v) is 2.28.